The van der Waals surface area contributed by atoms with E-state index < -0.39 is 0 Å². The Kier molecular flexibility index (Phi) is 2.20. The van der Waals surface area contributed by atoms with Gasteiger partial charge in [-0.3, -0.25) is 9.55 Å². The Balaban J connectivity index is 1.97. The highest BCUT2D eigenvalue weighted by molar-refractivity contribution is 5.84. The van der Waals surface area contributed by atoms with E-state index in [1.165, 1.54) is 6.20 Å². The van der Waals surface area contributed by atoms with Gasteiger partial charge in [0.25, 0.3) is 0 Å². The van der Waals surface area contributed by atoms with E-state index >= 15 is 0 Å². The van der Waals surface area contributed by atoms with Crippen molar-refractivity contribution >= 4 is 21.7 Å². The second-order valence-corrected chi connectivity index (χ2v) is 4.60. The maximum atomic E-state index is 11.4. The predicted octanol–water partition coefficient (Wildman–Crippen LogP) is 2.21. The van der Waals surface area contributed by atoms with Gasteiger partial charge in [0.1, 0.15) is 5.82 Å². The number of hydrogen-bond donors (Lipinski definition) is 0. The van der Waals surface area contributed by atoms with Crippen molar-refractivity contribution in [3.05, 3.63) is 66.7 Å². The van der Waals surface area contributed by atoms with Gasteiger partial charge in [-0.05, 0) is 18.2 Å². The maximum Gasteiger partial charge on any atom is 0.188 e. The van der Waals surface area contributed by atoms with Crippen LogP contribution in [0.15, 0.2) is 61.4 Å². The summed E-state index contributed by atoms with van der Waals surface area (Å²) in [6.07, 6.45) is 10.3. The first-order chi connectivity index (χ1) is 9.81. The first-order valence-electron chi connectivity index (χ1n) is 6.21. The zero-order valence-electron chi connectivity index (χ0n) is 10.5. The number of hydrogen-bond acceptors (Lipinski definition) is 3. The fourth-order valence-electron chi connectivity index (χ4n) is 2.36. The molecule has 0 aliphatic heterocycles. The molecule has 0 saturated heterocycles. The number of pyridine rings is 3. The lowest BCUT2D eigenvalue weighted by Gasteiger charge is -2.05. The molecule has 0 unspecified atom stereocenters. The summed E-state index contributed by atoms with van der Waals surface area (Å²) in [4.78, 5) is 8.60. The van der Waals surface area contributed by atoms with E-state index in [4.69, 9.17) is 0 Å². The van der Waals surface area contributed by atoms with Crippen molar-refractivity contribution in [2.75, 3.05) is 0 Å². The Bertz CT molecular complexity index is 929. The third kappa shape index (κ3) is 1.60. The van der Waals surface area contributed by atoms with Gasteiger partial charge in [-0.1, -0.05) is 0 Å². The van der Waals surface area contributed by atoms with Gasteiger partial charge < -0.3 is 5.21 Å². The number of fused-ring (bicyclic) bond motifs is 2. The average Bonchev–Trinajstić information content (AvgIpc) is 2.90. The molecule has 4 aromatic heterocycles. The molecule has 0 atom stereocenters. The molecule has 0 fully saturated rings. The SMILES string of the molecule is [O-][n+]1ccc2cnc(-n3ccc4ccncc43)cc2c1. The molecule has 0 aliphatic carbocycles. The summed E-state index contributed by atoms with van der Waals surface area (Å²) in [5.41, 5.74) is 0.991. The molecular formula is C15H10N4O. The first-order valence-corrected chi connectivity index (χ1v) is 6.21. The molecule has 96 valence electrons. The summed E-state index contributed by atoms with van der Waals surface area (Å²) in [6, 6.07) is 7.63. The van der Waals surface area contributed by atoms with Gasteiger partial charge in [0.15, 0.2) is 12.4 Å². The van der Waals surface area contributed by atoms with Crippen LogP contribution in [0.2, 0.25) is 0 Å². The van der Waals surface area contributed by atoms with E-state index in [-0.39, 0.29) is 0 Å². The highest BCUT2D eigenvalue weighted by atomic mass is 16.5. The average molecular weight is 262 g/mol. The number of aromatic nitrogens is 4. The molecule has 0 bridgehead atoms. The molecule has 0 aromatic carbocycles. The summed E-state index contributed by atoms with van der Waals surface area (Å²) >= 11 is 0. The van der Waals surface area contributed by atoms with Crippen LogP contribution in [0.25, 0.3) is 27.5 Å². The Labute approximate surface area is 114 Å². The Morgan fingerprint density at radius 3 is 2.95 bits per heavy atom. The van der Waals surface area contributed by atoms with Crippen molar-refractivity contribution in [2.45, 2.75) is 0 Å². The minimum Gasteiger partial charge on any atom is -0.619 e. The van der Waals surface area contributed by atoms with E-state index in [2.05, 4.69) is 9.97 Å². The minimum atomic E-state index is 0.770. The quantitative estimate of drug-likeness (QED) is 0.390. The van der Waals surface area contributed by atoms with E-state index in [1.54, 1.807) is 30.9 Å². The molecule has 5 nitrogen and oxygen atoms in total. The Morgan fingerprint density at radius 2 is 2.00 bits per heavy atom. The summed E-state index contributed by atoms with van der Waals surface area (Å²) in [5.74, 6) is 0.770. The smallest absolute Gasteiger partial charge is 0.188 e. The van der Waals surface area contributed by atoms with E-state index in [0.717, 1.165) is 32.2 Å². The molecule has 0 aliphatic rings. The summed E-state index contributed by atoms with van der Waals surface area (Å²) in [7, 11) is 0. The molecule has 4 heterocycles. The van der Waals surface area contributed by atoms with Crippen LogP contribution in [0, 0.1) is 5.21 Å². The van der Waals surface area contributed by atoms with Crippen LogP contribution in [0.5, 0.6) is 0 Å². The van der Waals surface area contributed by atoms with Gasteiger partial charge in [0.2, 0.25) is 0 Å². The molecule has 0 amide bonds. The Morgan fingerprint density at radius 1 is 1.05 bits per heavy atom. The van der Waals surface area contributed by atoms with Gasteiger partial charge in [0.05, 0.1) is 17.1 Å². The van der Waals surface area contributed by atoms with Gasteiger partial charge >= 0.3 is 0 Å². The lowest BCUT2D eigenvalue weighted by atomic mass is 10.2. The normalized spacial score (nSPS) is 11.2. The third-order valence-electron chi connectivity index (χ3n) is 3.36. The molecule has 4 aromatic rings. The molecule has 20 heavy (non-hydrogen) atoms. The van der Waals surface area contributed by atoms with Crippen LogP contribution in [0.4, 0.5) is 0 Å². The fraction of sp³-hybridized carbons (Fsp3) is 0. The Hall–Kier alpha value is -2.95. The summed E-state index contributed by atoms with van der Waals surface area (Å²) < 4.78 is 2.76. The van der Waals surface area contributed by atoms with Crippen molar-refractivity contribution in [3.63, 3.8) is 0 Å². The zero-order chi connectivity index (χ0) is 13.5. The molecular weight excluding hydrogens is 252 g/mol. The number of rotatable bonds is 1. The standard InChI is InChI=1S/C15H10N4O/c20-18-5-2-12-8-17-15(7-13(12)10-18)19-6-3-11-1-4-16-9-14(11)19/h1-10H. The van der Waals surface area contributed by atoms with Gasteiger partial charge in [-0.15, -0.1) is 0 Å². The van der Waals surface area contributed by atoms with Crippen LogP contribution in [-0.2, 0) is 0 Å². The molecule has 0 N–H and O–H groups in total. The molecule has 5 heteroatoms. The number of nitrogens with zero attached hydrogens (tertiary/aromatic N) is 4. The van der Waals surface area contributed by atoms with Crippen LogP contribution in [-0.4, -0.2) is 14.5 Å². The lowest BCUT2D eigenvalue weighted by molar-refractivity contribution is -0.603. The largest absolute Gasteiger partial charge is 0.619 e. The second kappa shape index (κ2) is 4.03. The first kappa shape index (κ1) is 10.9. The van der Waals surface area contributed by atoms with Crippen molar-refractivity contribution in [1.82, 2.24) is 14.5 Å². The van der Waals surface area contributed by atoms with Crippen LogP contribution >= 0.6 is 0 Å². The summed E-state index contributed by atoms with van der Waals surface area (Å²) in [5, 5.41) is 14.3. The molecule has 0 radical (unpaired) electrons. The minimum absolute atomic E-state index is 0.770. The molecule has 4 rings (SSSR count). The van der Waals surface area contributed by atoms with Gasteiger partial charge in [0, 0.05) is 35.4 Å². The predicted molar refractivity (Wildman–Crippen MR) is 75.3 cm³/mol. The van der Waals surface area contributed by atoms with Gasteiger partial charge in [-0.25, -0.2) is 4.98 Å². The van der Waals surface area contributed by atoms with Crippen LogP contribution in [0.3, 0.4) is 0 Å². The summed E-state index contributed by atoms with van der Waals surface area (Å²) in [6.45, 7) is 0. The van der Waals surface area contributed by atoms with Crippen molar-refractivity contribution in [2.24, 2.45) is 0 Å². The van der Waals surface area contributed by atoms with Crippen LogP contribution < -0.4 is 4.73 Å². The molecule has 0 saturated carbocycles. The van der Waals surface area contributed by atoms with Crippen molar-refractivity contribution < 1.29 is 4.73 Å². The van der Waals surface area contributed by atoms with Crippen molar-refractivity contribution in [3.8, 4) is 5.82 Å². The van der Waals surface area contributed by atoms with Gasteiger partial charge in [-0.2, -0.15) is 4.73 Å². The maximum absolute atomic E-state index is 11.4. The second-order valence-electron chi connectivity index (χ2n) is 4.60. The topological polar surface area (TPSA) is 57.6 Å². The third-order valence-corrected chi connectivity index (χ3v) is 3.36. The van der Waals surface area contributed by atoms with Crippen LogP contribution in [0.1, 0.15) is 0 Å². The highest BCUT2D eigenvalue weighted by Gasteiger charge is 2.06. The monoisotopic (exact) mass is 262 g/mol. The fourth-order valence-corrected chi connectivity index (χ4v) is 2.36. The zero-order valence-corrected chi connectivity index (χ0v) is 10.5. The van der Waals surface area contributed by atoms with E-state index in [9.17, 15) is 5.21 Å². The van der Waals surface area contributed by atoms with E-state index in [1.807, 2.05) is 29.0 Å². The lowest BCUT2D eigenvalue weighted by Crippen LogP contribution is -2.23. The van der Waals surface area contributed by atoms with Crippen molar-refractivity contribution in [1.29, 1.82) is 0 Å². The van der Waals surface area contributed by atoms with E-state index in [0.29, 0.717) is 0 Å². The molecule has 0 spiro atoms. The highest BCUT2D eigenvalue weighted by Crippen LogP contribution is 2.20.